The van der Waals surface area contributed by atoms with Crippen molar-refractivity contribution in [2.75, 3.05) is 0 Å². The topological polar surface area (TPSA) is 77.8 Å². The highest BCUT2D eigenvalue weighted by Crippen LogP contribution is 2.31. The van der Waals surface area contributed by atoms with E-state index in [2.05, 4.69) is 68.9 Å². The summed E-state index contributed by atoms with van der Waals surface area (Å²) in [6, 6.07) is 44.3. The molecular weight excluding hydrogens is 496 g/mol. The smallest absolute Gasteiger partial charge is 0.248 e. The minimum absolute atomic E-state index is 0.417. The molecule has 0 amide bonds. The molecule has 2 heterocycles. The van der Waals surface area contributed by atoms with Gasteiger partial charge in [0.05, 0.1) is 0 Å². The second-order valence-corrected chi connectivity index (χ2v) is 9.29. The summed E-state index contributed by atoms with van der Waals surface area (Å²) in [7, 11) is 0. The van der Waals surface area contributed by atoms with Crippen LogP contribution in [0, 0.1) is 0 Å². The molecule has 0 saturated carbocycles. The lowest BCUT2D eigenvalue weighted by molar-refractivity contribution is 0.582. The minimum atomic E-state index is 0.417. The van der Waals surface area contributed by atoms with Crippen molar-refractivity contribution >= 4 is 0 Å². The number of benzene rings is 5. The maximum Gasteiger partial charge on any atom is 0.248 e. The van der Waals surface area contributed by atoms with Gasteiger partial charge in [0, 0.05) is 22.3 Å². The highest BCUT2D eigenvalue weighted by molar-refractivity contribution is 5.70. The molecule has 2 aromatic heterocycles. The summed E-state index contributed by atoms with van der Waals surface area (Å²) in [5.74, 6) is 1.75. The van der Waals surface area contributed by atoms with E-state index in [-0.39, 0.29) is 0 Å². The van der Waals surface area contributed by atoms with E-state index in [1.165, 1.54) is 0 Å². The molecule has 0 fully saturated rings. The zero-order chi connectivity index (χ0) is 26.7. The summed E-state index contributed by atoms with van der Waals surface area (Å²) in [5, 5.41) is 17.1. The van der Waals surface area contributed by atoms with Crippen LogP contribution in [-0.2, 0) is 0 Å². The van der Waals surface area contributed by atoms with E-state index >= 15 is 0 Å². The van der Waals surface area contributed by atoms with Crippen molar-refractivity contribution in [3.05, 3.63) is 133 Å². The molecule has 0 spiro atoms. The molecule has 0 aliphatic rings. The van der Waals surface area contributed by atoms with Crippen LogP contribution in [0.25, 0.3) is 68.1 Å². The summed E-state index contributed by atoms with van der Waals surface area (Å²) in [4.78, 5) is 0. The maximum absolute atomic E-state index is 6.03. The normalized spacial score (nSPS) is 11.0. The van der Waals surface area contributed by atoms with Crippen LogP contribution in [0.4, 0.5) is 0 Å². The third-order valence-electron chi connectivity index (χ3n) is 6.68. The van der Waals surface area contributed by atoms with Crippen LogP contribution in [-0.4, -0.2) is 20.4 Å². The molecule has 40 heavy (non-hydrogen) atoms. The first kappa shape index (κ1) is 23.5. The van der Waals surface area contributed by atoms with Gasteiger partial charge in [0.25, 0.3) is 0 Å². The zero-order valence-electron chi connectivity index (χ0n) is 21.3. The first-order chi connectivity index (χ1) is 19.8. The van der Waals surface area contributed by atoms with Gasteiger partial charge in [-0.05, 0) is 64.7 Å². The van der Waals surface area contributed by atoms with Crippen LogP contribution in [0.1, 0.15) is 0 Å². The second-order valence-electron chi connectivity index (χ2n) is 9.29. The van der Waals surface area contributed by atoms with E-state index in [0.717, 1.165) is 44.5 Å². The second kappa shape index (κ2) is 10.3. The lowest BCUT2D eigenvalue weighted by Crippen LogP contribution is -1.82. The van der Waals surface area contributed by atoms with Crippen molar-refractivity contribution < 1.29 is 8.83 Å². The van der Waals surface area contributed by atoms with Gasteiger partial charge in [-0.15, -0.1) is 20.4 Å². The van der Waals surface area contributed by atoms with Gasteiger partial charge < -0.3 is 8.83 Å². The molecule has 0 bridgehead atoms. The fraction of sp³-hybridized carbons (Fsp3) is 0. The van der Waals surface area contributed by atoms with Gasteiger partial charge in [-0.1, -0.05) is 91.0 Å². The molecular formula is C34H22N4O2. The largest absolute Gasteiger partial charge is 0.416 e. The summed E-state index contributed by atoms with van der Waals surface area (Å²) >= 11 is 0. The van der Waals surface area contributed by atoms with Crippen molar-refractivity contribution in [3.8, 4) is 68.1 Å². The molecule has 7 rings (SSSR count). The van der Waals surface area contributed by atoms with Crippen molar-refractivity contribution in [1.82, 2.24) is 20.4 Å². The monoisotopic (exact) mass is 518 g/mol. The lowest BCUT2D eigenvalue weighted by Gasteiger charge is -2.02. The average molecular weight is 519 g/mol. The van der Waals surface area contributed by atoms with E-state index in [9.17, 15) is 0 Å². The molecule has 0 aliphatic carbocycles. The van der Waals surface area contributed by atoms with Crippen molar-refractivity contribution in [3.63, 3.8) is 0 Å². The Morgan fingerprint density at radius 3 is 0.975 bits per heavy atom. The summed E-state index contributed by atoms with van der Waals surface area (Å²) in [5.41, 5.74) is 7.82. The van der Waals surface area contributed by atoms with Gasteiger partial charge in [-0.25, -0.2) is 0 Å². The molecule has 6 nitrogen and oxygen atoms in total. The third kappa shape index (κ3) is 4.70. The molecule has 0 N–H and O–H groups in total. The number of rotatable bonds is 6. The van der Waals surface area contributed by atoms with E-state index in [1.807, 2.05) is 84.9 Å². The number of nitrogens with zero attached hydrogens (tertiary/aromatic N) is 4. The van der Waals surface area contributed by atoms with Crippen LogP contribution >= 0.6 is 0 Å². The first-order valence-electron chi connectivity index (χ1n) is 12.9. The first-order valence-corrected chi connectivity index (χ1v) is 12.9. The predicted octanol–water partition coefficient (Wildman–Crippen LogP) is 8.45. The highest BCUT2D eigenvalue weighted by Gasteiger charge is 2.15. The molecule has 0 radical (unpaired) electrons. The Labute approximate surface area is 230 Å². The van der Waals surface area contributed by atoms with Gasteiger partial charge in [0.2, 0.25) is 23.6 Å². The molecule has 7 aromatic rings. The van der Waals surface area contributed by atoms with Crippen molar-refractivity contribution in [1.29, 1.82) is 0 Å². The number of hydrogen-bond acceptors (Lipinski definition) is 6. The number of aromatic nitrogens is 4. The lowest BCUT2D eigenvalue weighted by atomic mass is 10.0. The van der Waals surface area contributed by atoms with E-state index in [4.69, 9.17) is 8.83 Å². The van der Waals surface area contributed by atoms with Crippen molar-refractivity contribution in [2.45, 2.75) is 0 Å². The average Bonchev–Trinajstić information content (AvgIpc) is 3.74. The SMILES string of the molecule is c1ccc(-c2ccc(-c3nnc(-c4cccc(-c5nnc(-c6ccc(-c7ccccc7)cc6)o5)c4)o3)cc2)cc1. The van der Waals surface area contributed by atoms with Gasteiger partial charge in [0.1, 0.15) is 0 Å². The Bertz CT molecular complexity index is 1740. The van der Waals surface area contributed by atoms with Crippen LogP contribution < -0.4 is 0 Å². The summed E-state index contributed by atoms with van der Waals surface area (Å²) in [6.45, 7) is 0. The van der Waals surface area contributed by atoms with Gasteiger partial charge >= 0.3 is 0 Å². The minimum Gasteiger partial charge on any atom is -0.416 e. The molecule has 5 aromatic carbocycles. The Morgan fingerprint density at radius 1 is 0.275 bits per heavy atom. The molecule has 0 saturated heterocycles. The van der Waals surface area contributed by atoms with Crippen LogP contribution in [0.15, 0.2) is 142 Å². The van der Waals surface area contributed by atoms with Crippen LogP contribution in [0.5, 0.6) is 0 Å². The van der Waals surface area contributed by atoms with Gasteiger partial charge in [-0.2, -0.15) is 0 Å². The highest BCUT2D eigenvalue weighted by atomic mass is 16.4. The Morgan fingerprint density at radius 2 is 0.575 bits per heavy atom. The molecule has 6 heteroatoms. The Kier molecular flexibility index (Phi) is 6.03. The summed E-state index contributed by atoms with van der Waals surface area (Å²) < 4.78 is 12.1. The fourth-order valence-electron chi connectivity index (χ4n) is 4.57. The molecule has 0 unspecified atom stereocenters. The van der Waals surface area contributed by atoms with Crippen LogP contribution in [0.2, 0.25) is 0 Å². The standard InChI is InChI=1S/C34H22N4O2/c1-3-8-23(9-4-1)25-14-18-27(19-15-25)31-35-37-33(39-31)29-12-7-13-30(22-29)34-38-36-32(40-34)28-20-16-26(17-21-28)24-10-5-2-6-11-24/h1-22H. The molecule has 0 aliphatic heterocycles. The fourth-order valence-corrected chi connectivity index (χ4v) is 4.57. The maximum atomic E-state index is 6.03. The molecule has 190 valence electrons. The van der Waals surface area contributed by atoms with Crippen molar-refractivity contribution in [2.24, 2.45) is 0 Å². The third-order valence-corrected chi connectivity index (χ3v) is 6.68. The summed E-state index contributed by atoms with van der Waals surface area (Å²) in [6.07, 6.45) is 0. The van der Waals surface area contributed by atoms with Gasteiger partial charge in [-0.3, -0.25) is 0 Å². The van der Waals surface area contributed by atoms with Crippen LogP contribution in [0.3, 0.4) is 0 Å². The quantitative estimate of drug-likeness (QED) is 0.220. The van der Waals surface area contributed by atoms with E-state index in [1.54, 1.807) is 0 Å². The van der Waals surface area contributed by atoms with E-state index < -0.39 is 0 Å². The Hall–Kier alpha value is -5.62. The molecule has 0 atom stereocenters. The van der Waals surface area contributed by atoms with Gasteiger partial charge in [0.15, 0.2) is 0 Å². The number of hydrogen-bond donors (Lipinski definition) is 0. The van der Waals surface area contributed by atoms with E-state index in [0.29, 0.717) is 23.6 Å². The predicted molar refractivity (Wildman–Crippen MR) is 155 cm³/mol. The Balaban J connectivity index is 1.10. The zero-order valence-corrected chi connectivity index (χ0v) is 21.3.